The van der Waals surface area contributed by atoms with Crippen LogP contribution in [0.25, 0.3) is 0 Å². The van der Waals surface area contributed by atoms with E-state index in [1.165, 1.54) is 7.11 Å². The summed E-state index contributed by atoms with van der Waals surface area (Å²) in [6.07, 6.45) is 0.688. The summed E-state index contributed by atoms with van der Waals surface area (Å²) in [7, 11) is 1.39. The van der Waals surface area contributed by atoms with Gasteiger partial charge in [0.05, 0.1) is 0 Å². The zero-order chi connectivity index (χ0) is 9.97. The first-order valence-corrected chi connectivity index (χ1v) is 4.85. The summed E-state index contributed by atoms with van der Waals surface area (Å²) in [5.74, 6) is 0. The minimum Gasteiger partial charge on any atom is -0.385 e. The smallest absolute Gasteiger partial charge is 0.225 e. The molecule has 0 saturated heterocycles. The standard InChI is InChI=1S/C11H14FNO/c1-14-11(12)9-4-2-6-10-8(9)5-3-7-13-10/h2,4,6,11,13H,3,5,7H2,1H3. The molecule has 2 nitrogen and oxygen atoms in total. The van der Waals surface area contributed by atoms with Crippen LogP contribution in [0.1, 0.15) is 23.9 Å². The highest BCUT2D eigenvalue weighted by molar-refractivity contribution is 5.56. The molecule has 76 valence electrons. The van der Waals surface area contributed by atoms with Gasteiger partial charge in [-0.05, 0) is 24.5 Å². The quantitative estimate of drug-likeness (QED) is 0.783. The van der Waals surface area contributed by atoms with E-state index in [1.54, 1.807) is 6.07 Å². The van der Waals surface area contributed by atoms with Crippen LogP contribution < -0.4 is 5.32 Å². The first-order chi connectivity index (χ1) is 6.83. The van der Waals surface area contributed by atoms with Crippen molar-refractivity contribution in [2.45, 2.75) is 19.2 Å². The van der Waals surface area contributed by atoms with Gasteiger partial charge < -0.3 is 10.1 Å². The van der Waals surface area contributed by atoms with E-state index in [2.05, 4.69) is 5.32 Å². The van der Waals surface area contributed by atoms with Crippen molar-refractivity contribution in [2.24, 2.45) is 0 Å². The van der Waals surface area contributed by atoms with Gasteiger partial charge >= 0.3 is 0 Å². The number of anilines is 1. The lowest BCUT2D eigenvalue weighted by molar-refractivity contribution is -0.00724. The fraction of sp³-hybridized carbons (Fsp3) is 0.455. The van der Waals surface area contributed by atoms with Gasteiger partial charge in [-0.3, -0.25) is 0 Å². The van der Waals surface area contributed by atoms with Crippen LogP contribution in [0.3, 0.4) is 0 Å². The molecule has 1 aromatic carbocycles. The summed E-state index contributed by atoms with van der Waals surface area (Å²) >= 11 is 0. The van der Waals surface area contributed by atoms with E-state index >= 15 is 0 Å². The molecule has 1 unspecified atom stereocenters. The normalized spacial score (nSPS) is 17.0. The van der Waals surface area contributed by atoms with Crippen LogP contribution in [0, 0.1) is 0 Å². The predicted octanol–water partition coefficient (Wildman–Crippen LogP) is 2.66. The molecule has 1 aromatic rings. The third-order valence-electron chi connectivity index (χ3n) is 2.58. The van der Waals surface area contributed by atoms with Crippen molar-refractivity contribution in [2.75, 3.05) is 19.0 Å². The number of benzene rings is 1. The largest absolute Gasteiger partial charge is 0.385 e. The molecular weight excluding hydrogens is 181 g/mol. The monoisotopic (exact) mass is 195 g/mol. The van der Waals surface area contributed by atoms with Gasteiger partial charge in [-0.2, -0.15) is 0 Å². The Morgan fingerprint density at radius 3 is 3.14 bits per heavy atom. The van der Waals surface area contributed by atoms with Crippen molar-refractivity contribution in [3.05, 3.63) is 29.3 Å². The molecule has 1 aliphatic heterocycles. The molecule has 2 rings (SSSR count). The molecule has 3 heteroatoms. The van der Waals surface area contributed by atoms with Crippen LogP contribution in [0.2, 0.25) is 0 Å². The van der Waals surface area contributed by atoms with E-state index < -0.39 is 6.36 Å². The molecule has 0 aromatic heterocycles. The fourth-order valence-corrected chi connectivity index (χ4v) is 1.88. The third kappa shape index (κ3) is 1.60. The number of hydrogen-bond acceptors (Lipinski definition) is 2. The zero-order valence-electron chi connectivity index (χ0n) is 8.22. The van der Waals surface area contributed by atoms with Crippen LogP contribution in [-0.2, 0) is 11.2 Å². The lowest BCUT2D eigenvalue weighted by Gasteiger charge is -2.21. The second kappa shape index (κ2) is 3.96. The summed E-state index contributed by atoms with van der Waals surface area (Å²) < 4.78 is 18.1. The number of hydrogen-bond donors (Lipinski definition) is 1. The first-order valence-electron chi connectivity index (χ1n) is 4.85. The summed E-state index contributed by atoms with van der Waals surface area (Å²) in [6, 6.07) is 5.64. The van der Waals surface area contributed by atoms with Gasteiger partial charge in [0.2, 0.25) is 6.36 Å². The van der Waals surface area contributed by atoms with E-state index in [0.717, 1.165) is 30.6 Å². The Labute approximate surface area is 83.1 Å². The Kier molecular flexibility index (Phi) is 2.68. The maximum Gasteiger partial charge on any atom is 0.225 e. The van der Waals surface area contributed by atoms with Crippen LogP contribution in [0.15, 0.2) is 18.2 Å². The van der Waals surface area contributed by atoms with Gasteiger partial charge in [0.25, 0.3) is 0 Å². The van der Waals surface area contributed by atoms with Crippen molar-refractivity contribution in [3.8, 4) is 0 Å². The van der Waals surface area contributed by atoms with Gasteiger partial charge in [0.15, 0.2) is 0 Å². The highest BCUT2D eigenvalue weighted by Gasteiger charge is 2.17. The molecular formula is C11H14FNO. The van der Waals surface area contributed by atoms with Crippen molar-refractivity contribution < 1.29 is 9.13 Å². The number of halogens is 1. The van der Waals surface area contributed by atoms with E-state index in [-0.39, 0.29) is 0 Å². The number of nitrogens with one attached hydrogen (secondary N) is 1. The number of methoxy groups -OCH3 is 1. The topological polar surface area (TPSA) is 21.3 Å². The van der Waals surface area contributed by atoms with E-state index in [9.17, 15) is 4.39 Å². The van der Waals surface area contributed by atoms with Crippen LogP contribution in [-0.4, -0.2) is 13.7 Å². The molecule has 0 aliphatic carbocycles. The number of rotatable bonds is 2. The second-order valence-corrected chi connectivity index (χ2v) is 3.46. The SMILES string of the molecule is COC(F)c1cccc2c1CCCN2. The summed E-state index contributed by atoms with van der Waals surface area (Å²) in [4.78, 5) is 0. The Hall–Kier alpha value is -1.09. The van der Waals surface area contributed by atoms with Crippen LogP contribution >= 0.6 is 0 Å². The van der Waals surface area contributed by atoms with Gasteiger partial charge in [-0.15, -0.1) is 0 Å². The fourth-order valence-electron chi connectivity index (χ4n) is 1.88. The third-order valence-corrected chi connectivity index (χ3v) is 2.58. The highest BCUT2D eigenvalue weighted by atomic mass is 19.1. The van der Waals surface area contributed by atoms with Crippen LogP contribution in [0.5, 0.6) is 0 Å². The molecule has 0 radical (unpaired) electrons. The molecule has 1 aliphatic rings. The predicted molar refractivity (Wildman–Crippen MR) is 54.1 cm³/mol. The van der Waals surface area contributed by atoms with Crippen molar-refractivity contribution >= 4 is 5.69 Å². The van der Waals surface area contributed by atoms with Crippen molar-refractivity contribution in [3.63, 3.8) is 0 Å². The molecule has 0 bridgehead atoms. The molecule has 0 fully saturated rings. The lowest BCUT2D eigenvalue weighted by atomic mass is 9.97. The van der Waals surface area contributed by atoms with Crippen molar-refractivity contribution in [1.82, 2.24) is 0 Å². The highest BCUT2D eigenvalue weighted by Crippen LogP contribution is 2.30. The van der Waals surface area contributed by atoms with Gasteiger partial charge in [-0.1, -0.05) is 12.1 Å². The van der Waals surface area contributed by atoms with Gasteiger partial charge in [0, 0.05) is 24.9 Å². The first kappa shape index (κ1) is 9.46. The lowest BCUT2D eigenvalue weighted by Crippen LogP contribution is -2.14. The molecule has 1 atom stereocenters. The minimum atomic E-state index is -1.30. The second-order valence-electron chi connectivity index (χ2n) is 3.46. The Morgan fingerprint density at radius 1 is 1.50 bits per heavy atom. The molecule has 0 spiro atoms. The Morgan fingerprint density at radius 2 is 2.36 bits per heavy atom. The molecule has 1 N–H and O–H groups in total. The minimum absolute atomic E-state index is 0.664. The Bertz CT molecular complexity index is 327. The number of ether oxygens (including phenoxy) is 1. The summed E-state index contributed by atoms with van der Waals surface area (Å²) in [5, 5.41) is 3.26. The maximum absolute atomic E-state index is 13.4. The molecule has 14 heavy (non-hydrogen) atoms. The summed E-state index contributed by atoms with van der Waals surface area (Å²) in [6.45, 7) is 0.973. The van der Waals surface area contributed by atoms with Crippen LogP contribution in [0.4, 0.5) is 10.1 Å². The van der Waals surface area contributed by atoms with Crippen molar-refractivity contribution in [1.29, 1.82) is 0 Å². The molecule has 1 heterocycles. The summed E-state index contributed by atoms with van der Waals surface area (Å²) in [5.41, 5.74) is 2.78. The van der Waals surface area contributed by atoms with E-state index in [1.807, 2.05) is 12.1 Å². The average Bonchev–Trinajstić information content (AvgIpc) is 2.27. The zero-order valence-corrected chi connectivity index (χ0v) is 8.22. The number of alkyl halides is 1. The average molecular weight is 195 g/mol. The van der Waals surface area contributed by atoms with Gasteiger partial charge in [0.1, 0.15) is 0 Å². The maximum atomic E-state index is 13.4. The molecule has 0 amide bonds. The van der Waals surface area contributed by atoms with E-state index in [0.29, 0.717) is 5.56 Å². The van der Waals surface area contributed by atoms with E-state index in [4.69, 9.17) is 4.74 Å². The molecule has 0 saturated carbocycles. The number of fused-ring (bicyclic) bond motifs is 1. The van der Waals surface area contributed by atoms with Gasteiger partial charge in [-0.25, -0.2) is 4.39 Å². The Balaban J connectivity index is 2.39.